The van der Waals surface area contributed by atoms with E-state index >= 15 is 0 Å². The second-order valence-corrected chi connectivity index (χ2v) is 5.26. The van der Waals surface area contributed by atoms with Gasteiger partial charge in [-0.25, -0.2) is 9.97 Å². The summed E-state index contributed by atoms with van der Waals surface area (Å²) in [5.74, 6) is 0. The highest BCUT2D eigenvalue weighted by Crippen LogP contribution is 2.21. The quantitative estimate of drug-likeness (QED) is 0.783. The van der Waals surface area contributed by atoms with Crippen molar-refractivity contribution in [2.45, 2.75) is 24.7 Å². The standard InChI is InChI=1S/C11H15N3OS2/c1-8(15-2)10-13-9(7-17-10)6-14-5-4-12-11(14)16-3/h4-5,7-8H,6H2,1-3H3. The number of hydrogen-bond acceptors (Lipinski definition) is 5. The molecule has 0 aliphatic carbocycles. The number of nitrogens with zero attached hydrogens (tertiary/aromatic N) is 3. The highest BCUT2D eigenvalue weighted by Gasteiger charge is 2.10. The molecule has 92 valence electrons. The zero-order valence-electron chi connectivity index (χ0n) is 10.1. The number of methoxy groups -OCH3 is 1. The molecule has 0 radical (unpaired) electrons. The third kappa shape index (κ3) is 2.88. The van der Waals surface area contributed by atoms with Gasteiger partial charge in [-0.05, 0) is 13.2 Å². The Morgan fingerprint density at radius 3 is 3.12 bits per heavy atom. The third-order valence-corrected chi connectivity index (χ3v) is 4.22. The van der Waals surface area contributed by atoms with Crippen molar-refractivity contribution in [1.29, 1.82) is 0 Å². The molecule has 6 heteroatoms. The molecule has 0 fully saturated rings. The van der Waals surface area contributed by atoms with Crippen LogP contribution in [0.25, 0.3) is 0 Å². The second-order valence-electron chi connectivity index (χ2n) is 3.60. The van der Waals surface area contributed by atoms with Crippen LogP contribution in [0.2, 0.25) is 0 Å². The van der Waals surface area contributed by atoms with Crippen LogP contribution >= 0.6 is 23.1 Å². The van der Waals surface area contributed by atoms with E-state index in [1.165, 1.54) is 0 Å². The maximum atomic E-state index is 5.25. The van der Waals surface area contributed by atoms with Gasteiger partial charge in [-0.3, -0.25) is 0 Å². The zero-order valence-corrected chi connectivity index (χ0v) is 11.7. The lowest BCUT2D eigenvalue weighted by Gasteiger charge is -2.05. The summed E-state index contributed by atoms with van der Waals surface area (Å²) in [6.45, 7) is 2.77. The van der Waals surface area contributed by atoms with Crippen molar-refractivity contribution >= 4 is 23.1 Å². The molecule has 4 nitrogen and oxygen atoms in total. The van der Waals surface area contributed by atoms with Crippen LogP contribution < -0.4 is 0 Å². The van der Waals surface area contributed by atoms with Crippen LogP contribution in [0.5, 0.6) is 0 Å². The molecule has 0 amide bonds. The highest BCUT2D eigenvalue weighted by atomic mass is 32.2. The first-order valence-electron chi connectivity index (χ1n) is 5.26. The molecule has 2 aromatic rings. The fourth-order valence-corrected chi connectivity index (χ4v) is 2.83. The molecule has 2 heterocycles. The summed E-state index contributed by atoms with van der Waals surface area (Å²) in [4.78, 5) is 8.83. The van der Waals surface area contributed by atoms with Crippen LogP contribution in [0, 0.1) is 0 Å². The molecule has 0 spiro atoms. The van der Waals surface area contributed by atoms with E-state index in [0.29, 0.717) is 0 Å². The normalized spacial score (nSPS) is 12.9. The third-order valence-electron chi connectivity index (χ3n) is 2.46. The lowest BCUT2D eigenvalue weighted by Crippen LogP contribution is -2.01. The maximum Gasteiger partial charge on any atom is 0.168 e. The first-order valence-corrected chi connectivity index (χ1v) is 7.37. The molecule has 17 heavy (non-hydrogen) atoms. The molecule has 1 atom stereocenters. The Hall–Kier alpha value is -0.850. The van der Waals surface area contributed by atoms with Gasteiger partial charge in [0.15, 0.2) is 5.16 Å². The van der Waals surface area contributed by atoms with Crippen LogP contribution in [0.1, 0.15) is 23.7 Å². The summed E-state index contributed by atoms with van der Waals surface area (Å²) in [5.41, 5.74) is 1.06. The van der Waals surface area contributed by atoms with Crippen LogP contribution in [0.4, 0.5) is 0 Å². The van der Waals surface area contributed by atoms with Gasteiger partial charge in [0.25, 0.3) is 0 Å². The Balaban J connectivity index is 2.11. The molecule has 0 aliphatic heterocycles. The zero-order chi connectivity index (χ0) is 12.3. The van der Waals surface area contributed by atoms with E-state index < -0.39 is 0 Å². The number of ether oxygens (including phenoxy) is 1. The molecule has 0 bridgehead atoms. The van der Waals surface area contributed by atoms with E-state index in [0.717, 1.165) is 22.4 Å². The van der Waals surface area contributed by atoms with Gasteiger partial charge in [0.05, 0.1) is 12.2 Å². The van der Waals surface area contributed by atoms with Gasteiger partial charge in [-0.15, -0.1) is 11.3 Å². The SMILES string of the molecule is COC(C)c1nc(Cn2ccnc2SC)cs1. The fraction of sp³-hybridized carbons (Fsp3) is 0.455. The number of rotatable bonds is 5. The highest BCUT2D eigenvalue weighted by molar-refractivity contribution is 7.98. The smallest absolute Gasteiger partial charge is 0.168 e. The van der Waals surface area contributed by atoms with Crippen LogP contribution in [-0.4, -0.2) is 27.9 Å². The molecular formula is C11H15N3OS2. The fourth-order valence-electron chi connectivity index (χ4n) is 1.46. The van der Waals surface area contributed by atoms with Crippen molar-refractivity contribution in [3.63, 3.8) is 0 Å². The Bertz CT molecular complexity index is 481. The average molecular weight is 269 g/mol. The summed E-state index contributed by atoms with van der Waals surface area (Å²) in [5, 5.41) is 4.11. The largest absolute Gasteiger partial charge is 0.375 e. The first-order chi connectivity index (χ1) is 8.24. The molecule has 2 rings (SSSR count). The van der Waals surface area contributed by atoms with Gasteiger partial charge in [-0.2, -0.15) is 0 Å². The lowest BCUT2D eigenvalue weighted by atomic mass is 10.4. The Kier molecular flexibility index (Phi) is 4.20. The summed E-state index contributed by atoms with van der Waals surface area (Å²) in [6.07, 6.45) is 5.89. The Morgan fingerprint density at radius 1 is 1.59 bits per heavy atom. The number of thioether (sulfide) groups is 1. The summed E-state index contributed by atoms with van der Waals surface area (Å²) < 4.78 is 7.35. The van der Waals surface area contributed by atoms with Crippen molar-refractivity contribution in [2.75, 3.05) is 13.4 Å². The van der Waals surface area contributed by atoms with Gasteiger partial charge >= 0.3 is 0 Å². The predicted molar refractivity (Wildman–Crippen MR) is 70.6 cm³/mol. The molecule has 1 unspecified atom stereocenters. The average Bonchev–Trinajstić information content (AvgIpc) is 2.97. The summed E-state index contributed by atoms with van der Waals surface area (Å²) >= 11 is 3.28. The minimum Gasteiger partial charge on any atom is -0.375 e. The second kappa shape index (κ2) is 5.66. The molecule has 2 aromatic heterocycles. The van der Waals surface area contributed by atoms with E-state index in [2.05, 4.69) is 19.9 Å². The van der Waals surface area contributed by atoms with Crippen molar-refractivity contribution in [3.05, 3.63) is 28.5 Å². The molecule has 0 saturated carbocycles. The van der Waals surface area contributed by atoms with E-state index in [4.69, 9.17) is 4.74 Å². The maximum absolute atomic E-state index is 5.25. The molecule has 0 N–H and O–H groups in total. The topological polar surface area (TPSA) is 39.9 Å². The van der Waals surface area contributed by atoms with Crippen molar-refractivity contribution in [2.24, 2.45) is 0 Å². The Labute approximate surface area is 109 Å². The minimum absolute atomic E-state index is 0.0663. The van der Waals surface area contributed by atoms with E-state index in [1.54, 1.807) is 30.2 Å². The molecule has 0 saturated heterocycles. The lowest BCUT2D eigenvalue weighted by molar-refractivity contribution is 0.119. The van der Waals surface area contributed by atoms with Crippen molar-refractivity contribution in [3.8, 4) is 0 Å². The van der Waals surface area contributed by atoms with Gasteiger partial charge in [0.2, 0.25) is 0 Å². The van der Waals surface area contributed by atoms with E-state index in [1.807, 2.05) is 25.6 Å². The van der Waals surface area contributed by atoms with Crippen LogP contribution in [-0.2, 0) is 11.3 Å². The van der Waals surface area contributed by atoms with Crippen LogP contribution in [0.15, 0.2) is 22.9 Å². The van der Waals surface area contributed by atoms with Gasteiger partial charge in [-0.1, -0.05) is 11.8 Å². The van der Waals surface area contributed by atoms with E-state index in [9.17, 15) is 0 Å². The van der Waals surface area contributed by atoms with Gasteiger partial charge < -0.3 is 9.30 Å². The number of thiazole rings is 1. The minimum atomic E-state index is 0.0663. The molecular weight excluding hydrogens is 254 g/mol. The Morgan fingerprint density at radius 2 is 2.41 bits per heavy atom. The van der Waals surface area contributed by atoms with Gasteiger partial charge in [0, 0.05) is 24.9 Å². The van der Waals surface area contributed by atoms with Crippen molar-refractivity contribution in [1.82, 2.24) is 14.5 Å². The molecule has 0 aromatic carbocycles. The number of imidazole rings is 1. The summed E-state index contributed by atoms with van der Waals surface area (Å²) in [7, 11) is 1.70. The van der Waals surface area contributed by atoms with Crippen molar-refractivity contribution < 1.29 is 4.74 Å². The van der Waals surface area contributed by atoms with E-state index in [-0.39, 0.29) is 6.10 Å². The summed E-state index contributed by atoms with van der Waals surface area (Å²) in [6, 6.07) is 0. The predicted octanol–water partition coefficient (Wildman–Crippen LogP) is 2.82. The van der Waals surface area contributed by atoms with Crippen LogP contribution in [0.3, 0.4) is 0 Å². The number of hydrogen-bond donors (Lipinski definition) is 0. The van der Waals surface area contributed by atoms with Gasteiger partial charge in [0.1, 0.15) is 11.1 Å². The number of aromatic nitrogens is 3. The first kappa shape index (κ1) is 12.6. The molecule has 0 aliphatic rings. The monoisotopic (exact) mass is 269 g/mol.